The summed E-state index contributed by atoms with van der Waals surface area (Å²) in [5.41, 5.74) is 0.278. The van der Waals surface area contributed by atoms with Gasteiger partial charge in [0.25, 0.3) is 0 Å². The number of hydrogen-bond donors (Lipinski definition) is 0. The van der Waals surface area contributed by atoms with E-state index < -0.39 is 20.7 Å². The molecule has 0 bridgehead atoms. The molecule has 2 aliphatic heterocycles. The van der Waals surface area contributed by atoms with E-state index in [2.05, 4.69) is 0 Å². The summed E-state index contributed by atoms with van der Waals surface area (Å²) in [5.74, 6) is 0.214. The van der Waals surface area contributed by atoms with Gasteiger partial charge in [-0.05, 0) is 51.5 Å². The van der Waals surface area contributed by atoms with Crippen molar-refractivity contribution in [2.75, 3.05) is 31.9 Å². The van der Waals surface area contributed by atoms with Gasteiger partial charge < -0.3 is 14.5 Å². The van der Waals surface area contributed by atoms with Crippen molar-refractivity contribution in [1.82, 2.24) is 9.80 Å². The first-order valence-electron chi connectivity index (χ1n) is 11.1. The zero-order valence-corrected chi connectivity index (χ0v) is 19.6. The molecule has 7 nitrogen and oxygen atoms in total. The van der Waals surface area contributed by atoms with Gasteiger partial charge >= 0.3 is 6.09 Å². The molecule has 1 aromatic carbocycles. The average molecular weight is 451 g/mol. The van der Waals surface area contributed by atoms with Crippen molar-refractivity contribution in [1.29, 1.82) is 0 Å². The van der Waals surface area contributed by atoms with Crippen LogP contribution >= 0.6 is 0 Å². The normalized spacial score (nSPS) is 22.6. The number of nitrogens with zero attached hydrogens (tertiary/aromatic N) is 2. The topological polar surface area (TPSA) is 84.0 Å². The first-order valence-corrected chi connectivity index (χ1v) is 12.8. The lowest BCUT2D eigenvalue weighted by Crippen LogP contribution is -2.43. The summed E-state index contributed by atoms with van der Waals surface area (Å²) >= 11 is 0. The number of carbonyl (C=O) groups is 2. The number of rotatable bonds is 3. The van der Waals surface area contributed by atoms with E-state index in [1.54, 1.807) is 9.80 Å². The molecule has 0 radical (unpaired) electrons. The van der Waals surface area contributed by atoms with Crippen LogP contribution in [0.25, 0.3) is 0 Å². The molecule has 0 spiro atoms. The van der Waals surface area contributed by atoms with E-state index in [-0.39, 0.29) is 30.2 Å². The molecule has 3 rings (SSSR count). The SMILES string of the molecule is CC(C)(C)OC(=O)N1CCC(CC(=O)N2CCC(c3ccccc3)S(=O)(=O)CC2)CC1. The molecule has 31 heavy (non-hydrogen) atoms. The van der Waals surface area contributed by atoms with Gasteiger partial charge in [-0.3, -0.25) is 4.79 Å². The highest BCUT2D eigenvalue weighted by Crippen LogP contribution is 2.30. The van der Waals surface area contributed by atoms with Gasteiger partial charge in [0.1, 0.15) is 5.60 Å². The van der Waals surface area contributed by atoms with Crippen molar-refractivity contribution in [3.8, 4) is 0 Å². The Morgan fingerprint density at radius 3 is 2.19 bits per heavy atom. The van der Waals surface area contributed by atoms with Crippen LogP contribution in [0.5, 0.6) is 0 Å². The predicted molar refractivity (Wildman–Crippen MR) is 119 cm³/mol. The molecule has 8 heteroatoms. The molecule has 1 atom stereocenters. The smallest absolute Gasteiger partial charge is 0.410 e. The van der Waals surface area contributed by atoms with Crippen molar-refractivity contribution in [3.05, 3.63) is 35.9 Å². The van der Waals surface area contributed by atoms with Crippen molar-refractivity contribution < 1.29 is 22.7 Å². The fraction of sp³-hybridized carbons (Fsp3) is 0.652. The molecule has 1 unspecified atom stereocenters. The number of hydrogen-bond acceptors (Lipinski definition) is 5. The molecule has 0 saturated carbocycles. The highest BCUT2D eigenvalue weighted by Gasteiger charge is 2.34. The van der Waals surface area contributed by atoms with Crippen molar-refractivity contribution >= 4 is 21.8 Å². The van der Waals surface area contributed by atoms with E-state index in [9.17, 15) is 18.0 Å². The van der Waals surface area contributed by atoms with Crippen molar-refractivity contribution in [2.24, 2.45) is 5.92 Å². The molecule has 172 valence electrons. The summed E-state index contributed by atoms with van der Waals surface area (Å²) in [6.07, 6.45) is 2.03. The molecule has 2 aliphatic rings. The zero-order valence-electron chi connectivity index (χ0n) is 18.7. The Balaban J connectivity index is 1.52. The lowest BCUT2D eigenvalue weighted by molar-refractivity contribution is -0.132. The quantitative estimate of drug-likeness (QED) is 0.705. The maximum absolute atomic E-state index is 12.9. The number of sulfone groups is 1. The van der Waals surface area contributed by atoms with Crippen LogP contribution in [0.15, 0.2) is 30.3 Å². The molecular formula is C23H34N2O5S. The van der Waals surface area contributed by atoms with Crippen LogP contribution in [-0.4, -0.2) is 67.8 Å². The van der Waals surface area contributed by atoms with E-state index in [0.717, 1.165) is 18.4 Å². The second kappa shape index (κ2) is 9.59. The number of amides is 2. The Morgan fingerprint density at radius 2 is 1.58 bits per heavy atom. The van der Waals surface area contributed by atoms with Crippen LogP contribution in [0.3, 0.4) is 0 Å². The minimum atomic E-state index is -3.30. The lowest BCUT2D eigenvalue weighted by atomic mass is 9.93. The maximum atomic E-state index is 12.9. The monoisotopic (exact) mass is 450 g/mol. The van der Waals surface area contributed by atoms with Gasteiger partial charge in [0.05, 0.1) is 11.0 Å². The van der Waals surface area contributed by atoms with Crippen molar-refractivity contribution in [2.45, 2.75) is 57.3 Å². The van der Waals surface area contributed by atoms with Crippen LogP contribution in [0.2, 0.25) is 0 Å². The largest absolute Gasteiger partial charge is 0.444 e. The average Bonchev–Trinajstić information content (AvgIpc) is 2.86. The van der Waals surface area contributed by atoms with E-state index in [1.807, 2.05) is 51.1 Å². The van der Waals surface area contributed by atoms with E-state index in [1.165, 1.54) is 0 Å². The van der Waals surface area contributed by atoms with Crippen LogP contribution in [0.1, 0.15) is 57.3 Å². The molecular weight excluding hydrogens is 416 g/mol. The van der Waals surface area contributed by atoms with Gasteiger partial charge in [0.15, 0.2) is 9.84 Å². The van der Waals surface area contributed by atoms with Crippen molar-refractivity contribution in [3.63, 3.8) is 0 Å². The van der Waals surface area contributed by atoms with Gasteiger partial charge in [0.2, 0.25) is 5.91 Å². The lowest BCUT2D eigenvalue weighted by Gasteiger charge is -2.34. The number of carbonyl (C=O) groups excluding carboxylic acids is 2. The molecule has 2 heterocycles. The predicted octanol–water partition coefficient (Wildman–Crippen LogP) is 3.41. The minimum absolute atomic E-state index is 0.00457. The third kappa shape index (κ3) is 6.45. The summed E-state index contributed by atoms with van der Waals surface area (Å²) < 4.78 is 31.0. The number of likely N-dealkylation sites (tertiary alicyclic amines) is 1. The van der Waals surface area contributed by atoms with E-state index >= 15 is 0 Å². The molecule has 2 fully saturated rings. The number of benzene rings is 1. The Bertz CT molecular complexity index is 871. The summed E-state index contributed by atoms with van der Waals surface area (Å²) in [4.78, 5) is 28.5. The van der Waals surface area contributed by atoms with Gasteiger partial charge in [-0.1, -0.05) is 30.3 Å². The molecule has 2 saturated heterocycles. The Morgan fingerprint density at radius 1 is 0.968 bits per heavy atom. The van der Waals surface area contributed by atoms with Crippen LogP contribution in [-0.2, 0) is 19.4 Å². The van der Waals surface area contributed by atoms with Gasteiger partial charge in [-0.25, -0.2) is 13.2 Å². The Labute approximate surface area is 185 Å². The second-order valence-electron chi connectivity index (χ2n) is 9.55. The van der Waals surface area contributed by atoms with Crippen LogP contribution < -0.4 is 0 Å². The Hall–Kier alpha value is -2.09. The standard InChI is InChI=1S/C23H34N2O5S/c1-23(2,3)30-22(27)25-12-9-18(10-13-25)17-21(26)24-14-11-20(31(28,29)16-15-24)19-7-5-4-6-8-19/h4-8,18,20H,9-17H2,1-3H3. The first-order chi connectivity index (χ1) is 14.5. The van der Waals surface area contributed by atoms with Gasteiger partial charge in [0, 0.05) is 32.6 Å². The summed E-state index contributed by atoms with van der Waals surface area (Å²) in [7, 11) is -3.30. The molecule has 0 N–H and O–H groups in total. The summed E-state index contributed by atoms with van der Waals surface area (Å²) in [5, 5.41) is -0.552. The molecule has 2 amide bonds. The summed E-state index contributed by atoms with van der Waals surface area (Å²) in [6.45, 7) is 7.41. The molecule has 1 aromatic rings. The fourth-order valence-electron chi connectivity index (χ4n) is 4.26. The van der Waals surface area contributed by atoms with Crippen LogP contribution in [0, 0.1) is 5.92 Å². The van der Waals surface area contributed by atoms with Gasteiger partial charge in [-0.2, -0.15) is 0 Å². The summed E-state index contributed by atoms with van der Waals surface area (Å²) in [6, 6.07) is 9.26. The molecule has 0 aromatic heterocycles. The zero-order chi connectivity index (χ0) is 22.6. The first kappa shape index (κ1) is 23.6. The molecule has 0 aliphatic carbocycles. The third-order valence-corrected chi connectivity index (χ3v) is 8.12. The van der Waals surface area contributed by atoms with Crippen LogP contribution in [0.4, 0.5) is 4.79 Å². The Kier molecular flexibility index (Phi) is 7.29. The number of ether oxygens (including phenoxy) is 1. The fourth-order valence-corrected chi connectivity index (χ4v) is 6.05. The third-order valence-electron chi connectivity index (χ3n) is 5.99. The highest BCUT2D eigenvalue weighted by atomic mass is 32.2. The second-order valence-corrected chi connectivity index (χ2v) is 11.9. The van der Waals surface area contributed by atoms with E-state index in [4.69, 9.17) is 4.74 Å². The number of piperidine rings is 1. The highest BCUT2D eigenvalue weighted by molar-refractivity contribution is 7.91. The maximum Gasteiger partial charge on any atom is 0.410 e. The van der Waals surface area contributed by atoms with E-state index in [0.29, 0.717) is 32.5 Å². The minimum Gasteiger partial charge on any atom is -0.444 e. The van der Waals surface area contributed by atoms with Gasteiger partial charge in [-0.15, -0.1) is 0 Å².